The molecule has 3 fully saturated rings. The van der Waals surface area contributed by atoms with Crippen molar-refractivity contribution in [1.82, 2.24) is 14.8 Å². The number of H-pyrrole nitrogens is 1. The molecule has 3 N–H and O–H groups in total. The van der Waals surface area contributed by atoms with Gasteiger partial charge in [-0.3, -0.25) is 19.4 Å². The molecule has 9 rings (SSSR count). The third-order valence-corrected chi connectivity index (χ3v) is 15.9. The summed E-state index contributed by atoms with van der Waals surface area (Å²) < 4.78 is 29.7. The average molecular weight is 841 g/mol. The summed E-state index contributed by atoms with van der Waals surface area (Å²) in [6, 6.07) is 8.66. The summed E-state index contributed by atoms with van der Waals surface area (Å²) in [4.78, 5) is 53.3. The molecule has 2 aromatic carbocycles. The van der Waals surface area contributed by atoms with Crippen molar-refractivity contribution in [2.24, 2.45) is 11.3 Å². The predicted molar refractivity (Wildman–Crippen MR) is 227 cm³/mol. The van der Waals surface area contributed by atoms with Crippen LogP contribution in [0.25, 0.3) is 10.9 Å². The van der Waals surface area contributed by atoms with Crippen LogP contribution in [0.2, 0.25) is 0 Å². The quantitative estimate of drug-likeness (QED) is 0.170. The monoisotopic (exact) mass is 840 g/mol. The number of carbonyl (C=O) groups excluding carboxylic acids is 3. The molecule has 3 aromatic rings. The van der Waals surface area contributed by atoms with Gasteiger partial charge in [-0.15, -0.1) is 0 Å². The summed E-state index contributed by atoms with van der Waals surface area (Å²) >= 11 is 0. The smallest absolute Gasteiger partial charge is 0.344 e. The first-order chi connectivity index (χ1) is 29.2. The van der Waals surface area contributed by atoms with Gasteiger partial charge in [-0.1, -0.05) is 26.0 Å². The molecule has 1 aromatic heterocycles. The number of hydrogen-bond acceptors (Lipinski definition) is 13. The van der Waals surface area contributed by atoms with Crippen molar-refractivity contribution >= 4 is 34.5 Å². The fraction of sp³-hybridized carbons (Fsp3) is 0.596. The minimum Gasteiger partial charge on any atom is -0.497 e. The van der Waals surface area contributed by atoms with Gasteiger partial charge in [0, 0.05) is 90.9 Å². The van der Waals surface area contributed by atoms with Crippen LogP contribution in [0, 0.1) is 11.3 Å². The van der Waals surface area contributed by atoms with Crippen LogP contribution in [0.4, 0.5) is 5.69 Å². The van der Waals surface area contributed by atoms with Gasteiger partial charge in [0.05, 0.1) is 40.1 Å². The number of fused-ring (bicyclic) bond motifs is 6. The highest BCUT2D eigenvalue weighted by molar-refractivity contribution is 5.95. The summed E-state index contributed by atoms with van der Waals surface area (Å²) in [5.74, 6) is -0.964. The number of nitrogens with zero attached hydrogens (tertiary/aromatic N) is 3. The molecule has 0 amide bonds. The van der Waals surface area contributed by atoms with Crippen molar-refractivity contribution in [2.45, 2.75) is 99.5 Å². The van der Waals surface area contributed by atoms with Gasteiger partial charge >= 0.3 is 17.9 Å². The largest absolute Gasteiger partial charge is 0.497 e. The number of rotatable bonds is 8. The van der Waals surface area contributed by atoms with E-state index in [1.807, 2.05) is 62.2 Å². The standard InChI is InChI=1S/C47H60N4O10/c1-9-43(55)23-28-24-46(41(53)59-7,37-30(14-18-50(25-28)26-43)31-20-29(57-5)12-13-34(31)48-37)33-21-32-35(22-36(33)58-6)49(4)39-45(32)16-19-51-17-11-15-44(10-2,38(45)51)40(61-27(3)52)47(39,56)42(54)60-8/h11-13,15,20-22,28,38-40,48,55-56H,9-10,14,16-19,23-26H2,1-8H3/t28-,38+,39-,40-,43+,44-,45-,46+,47+/m1/s1. The van der Waals surface area contributed by atoms with Crippen LogP contribution < -0.4 is 14.4 Å². The van der Waals surface area contributed by atoms with E-state index in [0.29, 0.717) is 94.0 Å². The summed E-state index contributed by atoms with van der Waals surface area (Å²) in [6.07, 6.45) is 5.78. The third-order valence-electron chi connectivity index (χ3n) is 15.9. The van der Waals surface area contributed by atoms with Crippen molar-refractivity contribution in [2.75, 3.05) is 73.1 Å². The minimum absolute atomic E-state index is 0.127. The molecule has 14 heteroatoms. The number of methoxy groups -OCH3 is 4. The van der Waals surface area contributed by atoms with Crippen LogP contribution in [0.15, 0.2) is 42.5 Å². The van der Waals surface area contributed by atoms with Gasteiger partial charge in [0.2, 0.25) is 5.60 Å². The number of nitrogens with one attached hydrogen (secondary N) is 1. The van der Waals surface area contributed by atoms with Crippen molar-refractivity contribution in [3.05, 3.63) is 64.9 Å². The Bertz CT molecular complexity index is 2330. The molecule has 10 atom stereocenters. The van der Waals surface area contributed by atoms with Crippen molar-refractivity contribution in [3.63, 3.8) is 0 Å². The zero-order valence-corrected chi connectivity index (χ0v) is 36.6. The number of carbonyl (C=O) groups is 3. The number of hydrogen-bond donors (Lipinski definition) is 3. The van der Waals surface area contributed by atoms with E-state index < -0.39 is 57.5 Å². The Labute approximate surface area is 357 Å². The van der Waals surface area contributed by atoms with Crippen LogP contribution in [-0.4, -0.2) is 141 Å². The molecule has 5 aliphatic heterocycles. The van der Waals surface area contributed by atoms with Crippen LogP contribution in [0.1, 0.15) is 75.3 Å². The van der Waals surface area contributed by atoms with E-state index in [4.69, 9.17) is 23.7 Å². The lowest BCUT2D eigenvalue weighted by Crippen LogP contribution is -2.81. The zero-order valence-electron chi connectivity index (χ0n) is 36.6. The van der Waals surface area contributed by atoms with Crippen LogP contribution >= 0.6 is 0 Å². The summed E-state index contributed by atoms with van der Waals surface area (Å²) in [6.45, 7) is 8.50. The lowest BCUT2D eigenvalue weighted by atomic mass is 9.47. The summed E-state index contributed by atoms with van der Waals surface area (Å²) in [7, 11) is 7.76. The van der Waals surface area contributed by atoms with Crippen molar-refractivity contribution in [3.8, 4) is 11.5 Å². The lowest BCUT2D eigenvalue weighted by molar-refractivity contribution is -0.228. The fourth-order valence-corrected chi connectivity index (χ4v) is 13.7. The average Bonchev–Trinajstić information content (AvgIpc) is 3.92. The second kappa shape index (κ2) is 14.5. The first-order valence-electron chi connectivity index (χ1n) is 21.7. The van der Waals surface area contributed by atoms with Crippen LogP contribution in [0.5, 0.6) is 11.5 Å². The first-order valence-corrected chi connectivity index (χ1v) is 21.7. The molecule has 2 bridgehead atoms. The van der Waals surface area contributed by atoms with Gasteiger partial charge in [-0.2, -0.15) is 0 Å². The molecule has 328 valence electrons. The molecular weight excluding hydrogens is 781 g/mol. The van der Waals surface area contributed by atoms with Crippen LogP contribution in [-0.2, 0) is 45.8 Å². The number of aromatic nitrogens is 1. The number of benzene rings is 2. The lowest BCUT2D eigenvalue weighted by Gasteiger charge is -2.63. The highest BCUT2D eigenvalue weighted by atomic mass is 16.6. The summed E-state index contributed by atoms with van der Waals surface area (Å²) in [5.41, 5.74) is -1.97. The maximum atomic E-state index is 15.4. The number of likely N-dealkylation sites (N-methyl/N-ethyl adjacent to an activating group) is 1. The Morgan fingerprint density at radius 2 is 1.69 bits per heavy atom. The van der Waals surface area contributed by atoms with E-state index in [1.165, 1.54) is 21.1 Å². The van der Waals surface area contributed by atoms with Crippen LogP contribution in [0.3, 0.4) is 0 Å². The maximum absolute atomic E-state index is 15.4. The van der Waals surface area contributed by atoms with Gasteiger partial charge in [0.25, 0.3) is 0 Å². The van der Waals surface area contributed by atoms with Crippen molar-refractivity contribution in [1.29, 1.82) is 0 Å². The highest BCUT2D eigenvalue weighted by Crippen LogP contribution is 2.68. The normalized spacial score (nSPS) is 36.1. The van der Waals surface area contributed by atoms with E-state index >= 15 is 4.79 Å². The number of anilines is 1. The Hall–Kier alpha value is -4.63. The van der Waals surface area contributed by atoms with E-state index in [0.717, 1.165) is 27.7 Å². The molecule has 1 aliphatic carbocycles. The molecule has 1 spiro atoms. The molecule has 14 nitrogen and oxygen atoms in total. The van der Waals surface area contributed by atoms with E-state index in [9.17, 15) is 19.8 Å². The van der Waals surface area contributed by atoms with Gasteiger partial charge in [-0.05, 0) is 86.4 Å². The minimum atomic E-state index is -2.32. The number of aliphatic hydroxyl groups is 2. The number of ether oxygens (including phenoxy) is 5. The molecule has 61 heavy (non-hydrogen) atoms. The van der Waals surface area contributed by atoms with Gasteiger partial charge < -0.3 is 43.8 Å². The van der Waals surface area contributed by atoms with Gasteiger partial charge in [0.15, 0.2) is 6.10 Å². The Morgan fingerprint density at radius 1 is 0.918 bits per heavy atom. The molecule has 0 radical (unpaired) electrons. The van der Waals surface area contributed by atoms with E-state index in [2.05, 4.69) is 20.9 Å². The number of aromatic amines is 1. The second-order valence-corrected chi connectivity index (χ2v) is 18.6. The Balaban J connectivity index is 1.37. The van der Waals surface area contributed by atoms with E-state index in [-0.39, 0.29) is 12.0 Å². The predicted octanol–water partition coefficient (Wildman–Crippen LogP) is 4.00. The van der Waals surface area contributed by atoms with Crippen molar-refractivity contribution < 1.29 is 48.3 Å². The fourth-order valence-electron chi connectivity index (χ4n) is 13.7. The molecule has 6 aliphatic rings. The zero-order chi connectivity index (χ0) is 43.4. The Kier molecular flexibility index (Phi) is 9.89. The van der Waals surface area contributed by atoms with Gasteiger partial charge in [0.1, 0.15) is 16.9 Å². The highest BCUT2D eigenvalue weighted by Gasteiger charge is 2.80. The maximum Gasteiger partial charge on any atom is 0.344 e. The third kappa shape index (κ3) is 5.50. The molecule has 1 saturated carbocycles. The molecular formula is C47H60N4O10. The second-order valence-electron chi connectivity index (χ2n) is 18.6. The molecule has 1 unspecified atom stereocenters. The Morgan fingerprint density at radius 3 is 2.36 bits per heavy atom. The van der Waals surface area contributed by atoms with Gasteiger partial charge in [-0.25, -0.2) is 4.79 Å². The van der Waals surface area contributed by atoms with E-state index in [1.54, 1.807) is 14.2 Å². The molecule has 2 saturated heterocycles. The number of piperidine rings is 1. The molecule has 6 heterocycles. The first kappa shape index (κ1) is 41.7. The number of esters is 3. The topological polar surface area (TPSA) is 163 Å². The summed E-state index contributed by atoms with van der Waals surface area (Å²) in [5, 5.41) is 26.3. The SMILES string of the molecule is CC[C@]1(O)C[C@H]2CN(CCc3c([nH]c4ccc(OC)cc34)[C@@](C(=O)OC)(c3cc4c(cc3OC)N(C)[C@H]3[C@@](O)(C(=O)OC)[C@H](OC(C)=O)[C@]5(CC)C=CCN6CC[C@]43[C@@H]65)C2)C1.